The van der Waals surface area contributed by atoms with Crippen molar-refractivity contribution in [3.63, 3.8) is 0 Å². The summed E-state index contributed by atoms with van der Waals surface area (Å²) in [6.45, 7) is 1.13. The molecule has 4 nitrogen and oxygen atoms in total. The first kappa shape index (κ1) is 20.0. The van der Waals surface area contributed by atoms with E-state index >= 15 is 0 Å². The van der Waals surface area contributed by atoms with Crippen molar-refractivity contribution in [3.8, 4) is 5.75 Å². The van der Waals surface area contributed by atoms with Crippen molar-refractivity contribution < 1.29 is 18.7 Å². The molecule has 7 heteroatoms. The molecule has 0 aliphatic carbocycles. The fourth-order valence-electron chi connectivity index (χ4n) is 2.68. The fraction of sp³-hybridized carbons (Fsp3) is 0.143. The van der Waals surface area contributed by atoms with Crippen molar-refractivity contribution in [2.24, 2.45) is 0 Å². The molecule has 1 heterocycles. The molecular weight excluding hydrogens is 401 g/mol. The van der Waals surface area contributed by atoms with E-state index in [0.717, 1.165) is 10.4 Å². The Hall–Kier alpha value is -2.70. The van der Waals surface area contributed by atoms with Crippen molar-refractivity contribution in [2.45, 2.75) is 13.0 Å². The van der Waals surface area contributed by atoms with Crippen LogP contribution in [-0.2, 0) is 4.79 Å². The quantitative estimate of drug-likeness (QED) is 0.548. The SMILES string of the molecule is CC(=O)c1cc(Cl)ccc1OCC(=O)N[C@H](c1ccc(F)cc1)c1cccs1. The number of hydrogen-bond donors (Lipinski definition) is 1. The van der Waals surface area contributed by atoms with E-state index in [0.29, 0.717) is 16.3 Å². The molecule has 1 amide bonds. The standard InChI is InChI=1S/C21H17ClFNO3S/c1-13(25)17-11-15(22)6-9-18(17)27-12-20(26)24-21(19-3-2-10-28-19)14-4-7-16(23)8-5-14/h2-11,21H,12H2,1H3,(H,24,26)/t21-/m1/s1. The van der Waals surface area contributed by atoms with Gasteiger partial charge in [0.2, 0.25) is 0 Å². The second-order valence-corrected chi connectivity index (χ2v) is 7.47. The van der Waals surface area contributed by atoms with Gasteiger partial charge in [-0.3, -0.25) is 9.59 Å². The summed E-state index contributed by atoms with van der Waals surface area (Å²) >= 11 is 7.40. The Bertz CT molecular complexity index is 974. The molecule has 0 unspecified atom stereocenters. The van der Waals surface area contributed by atoms with Crippen LogP contribution >= 0.6 is 22.9 Å². The number of nitrogens with one attached hydrogen (secondary N) is 1. The average Bonchev–Trinajstić information content (AvgIpc) is 3.20. The topological polar surface area (TPSA) is 55.4 Å². The summed E-state index contributed by atoms with van der Waals surface area (Å²) in [5.74, 6) is -0.628. The van der Waals surface area contributed by atoms with Crippen LogP contribution in [0.25, 0.3) is 0 Å². The zero-order chi connectivity index (χ0) is 20.1. The summed E-state index contributed by atoms with van der Waals surface area (Å²) in [4.78, 5) is 25.1. The Morgan fingerprint density at radius 3 is 2.57 bits per heavy atom. The van der Waals surface area contributed by atoms with Crippen molar-refractivity contribution in [1.29, 1.82) is 0 Å². The predicted octanol–water partition coefficient (Wildman–Crippen LogP) is 5.03. The highest BCUT2D eigenvalue weighted by atomic mass is 35.5. The van der Waals surface area contributed by atoms with E-state index in [1.165, 1.54) is 36.5 Å². The summed E-state index contributed by atoms with van der Waals surface area (Å²) in [6, 6.07) is 14.0. The highest BCUT2D eigenvalue weighted by molar-refractivity contribution is 7.10. The van der Waals surface area contributed by atoms with Crippen molar-refractivity contribution >= 4 is 34.6 Å². The number of halogens is 2. The number of ether oxygens (including phenoxy) is 1. The molecule has 1 N–H and O–H groups in total. The van der Waals surface area contributed by atoms with Crippen LogP contribution in [0.5, 0.6) is 5.75 Å². The minimum Gasteiger partial charge on any atom is -0.483 e. The van der Waals surface area contributed by atoms with Crippen LogP contribution in [0.2, 0.25) is 5.02 Å². The molecule has 0 spiro atoms. The Morgan fingerprint density at radius 1 is 1.18 bits per heavy atom. The maximum Gasteiger partial charge on any atom is 0.258 e. The molecule has 0 bridgehead atoms. The Kier molecular flexibility index (Phi) is 6.44. The Morgan fingerprint density at radius 2 is 1.93 bits per heavy atom. The van der Waals surface area contributed by atoms with Gasteiger partial charge in [0.1, 0.15) is 11.6 Å². The van der Waals surface area contributed by atoms with E-state index in [9.17, 15) is 14.0 Å². The zero-order valence-corrected chi connectivity index (χ0v) is 16.5. The van der Waals surface area contributed by atoms with Gasteiger partial charge in [-0.05, 0) is 54.3 Å². The van der Waals surface area contributed by atoms with Crippen molar-refractivity contribution in [2.75, 3.05) is 6.61 Å². The molecule has 0 fully saturated rings. The molecule has 0 aliphatic rings. The third-order valence-corrected chi connectivity index (χ3v) is 5.19. The number of thiophene rings is 1. The lowest BCUT2D eigenvalue weighted by atomic mass is 10.1. The molecule has 3 aromatic rings. The number of carbonyl (C=O) groups is 2. The molecule has 0 saturated carbocycles. The van der Waals surface area contributed by atoms with Crippen molar-refractivity contribution in [1.82, 2.24) is 5.32 Å². The second kappa shape index (κ2) is 8.99. The minimum absolute atomic E-state index is 0.208. The minimum atomic E-state index is -0.422. The fourth-order valence-corrected chi connectivity index (χ4v) is 3.65. The highest BCUT2D eigenvalue weighted by Gasteiger charge is 2.19. The first-order valence-electron chi connectivity index (χ1n) is 8.45. The number of ketones is 1. The summed E-state index contributed by atoms with van der Waals surface area (Å²) in [7, 11) is 0. The van der Waals surface area contributed by atoms with Crippen LogP contribution < -0.4 is 10.1 Å². The van der Waals surface area contributed by atoms with E-state index in [1.807, 2.05) is 17.5 Å². The van der Waals surface area contributed by atoms with Gasteiger partial charge in [0, 0.05) is 9.90 Å². The van der Waals surface area contributed by atoms with Crippen LogP contribution in [-0.4, -0.2) is 18.3 Å². The highest BCUT2D eigenvalue weighted by Crippen LogP contribution is 2.27. The molecule has 28 heavy (non-hydrogen) atoms. The summed E-state index contributed by atoms with van der Waals surface area (Å²) in [5, 5.41) is 5.22. The van der Waals surface area contributed by atoms with Gasteiger partial charge in [0.05, 0.1) is 11.6 Å². The maximum absolute atomic E-state index is 13.3. The molecular formula is C21H17ClFNO3S. The monoisotopic (exact) mass is 417 g/mol. The van der Waals surface area contributed by atoms with E-state index in [4.69, 9.17) is 16.3 Å². The predicted molar refractivity (Wildman–Crippen MR) is 108 cm³/mol. The molecule has 0 aliphatic heterocycles. The zero-order valence-electron chi connectivity index (χ0n) is 14.9. The van der Waals surface area contributed by atoms with Crippen LogP contribution in [0.15, 0.2) is 60.0 Å². The number of rotatable bonds is 7. The number of hydrogen-bond acceptors (Lipinski definition) is 4. The average molecular weight is 418 g/mol. The Balaban J connectivity index is 1.73. The van der Waals surface area contributed by atoms with Gasteiger partial charge < -0.3 is 10.1 Å². The van der Waals surface area contributed by atoms with E-state index in [1.54, 1.807) is 24.3 Å². The van der Waals surface area contributed by atoms with Gasteiger partial charge in [-0.1, -0.05) is 29.8 Å². The van der Waals surface area contributed by atoms with E-state index in [2.05, 4.69) is 5.32 Å². The molecule has 0 radical (unpaired) electrons. The molecule has 0 saturated heterocycles. The van der Waals surface area contributed by atoms with Gasteiger partial charge in [0.25, 0.3) is 5.91 Å². The first-order chi connectivity index (χ1) is 13.4. The lowest BCUT2D eigenvalue weighted by molar-refractivity contribution is -0.123. The maximum atomic E-state index is 13.3. The van der Waals surface area contributed by atoms with Crippen LogP contribution in [0.3, 0.4) is 0 Å². The number of benzene rings is 2. The smallest absolute Gasteiger partial charge is 0.258 e. The lowest BCUT2D eigenvalue weighted by Gasteiger charge is -2.18. The van der Waals surface area contributed by atoms with Gasteiger partial charge in [-0.15, -0.1) is 11.3 Å². The molecule has 3 rings (SSSR count). The van der Waals surface area contributed by atoms with Crippen molar-refractivity contribution in [3.05, 3.63) is 86.8 Å². The molecule has 2 aromatic carbocycles. The summed E-state index contributed by atoms with van der Waals surface area (Å²) in [5.41, 5.74) is 1.07. The van der Waals surface area contributed by atoms with Gasteiger partial charge in [-0.25, -0.2) is 4.39 Å². The normalized spacial score (nSPS) is 11.7. The molecule has 1 atom stereocenters. The van der Waals surface area contributed by atoms with Crippen LogP contribution in [0.4, 0.5) is 4.39 Å². The van der Waals surface area contributed by atoms with E-state index in [-0.39, 0.29) is 24.1 Å². The molecule has 144 valence electrons. The second-order valence-electron chi connectivity index (χ2n) is 6.05. The number of Topliss-reactive ketones (excluding diaryl/α,β-unsaturated/α-hetero) is 1. The third-order valence-electron chi connectivity index (χ3n) is 4.02. The lowest BCUT2D eigenvalue weighted by Crippen LogP contribution is -2.33. The molecule has 1 aromatic heterocycles. The largest absolute Gasteiger partial charge is 0.483 e. The van der Waals surface area contributed by atoms with Crippen LogP contribution in [0, 0.1) is 5.82 Å². The third kappa shape index (κ3) is 4.97. The van der Waals surface area contributed by atoms with Gasteiger partial charge in [-0.2, -0.15) is 0 Å². The van der Waals surface area contributed by atoms with Crippen LogP contribution in [0.1, 0.15) is 33.8 Å². The van der Waals surface area contributed by atoms with Gasteiger partial charge >= 0.3 is 0 Å². The van der Waals surface area contributed by atoms with Gasteiger partial charge in [0.15, 0.2) is 12.4 Å². The van der Waals surface area contributed by atoms with E-state index < -0.39 is 6.04 Å². The number of carbonyl (C=O) groups excluding carboxylic acids is 2. The Labute approximate surface area is 170 Å². The summed E-state index contributed by atoms with van der Waals surface area (Å²) in [6.07, 6.45) is 0. The summed E-state index contributed by atoms with van der Waals surface area (Å²) < 4.78 is 18.8. The number of amides is 1. The first-order valence-corrected chi connectivity index (χ1v) is 9.71.